The summed E-state index contributed by atoms with van der Waals surface area (Å²) in [6, 6.07) is 9.82. The minimum atomic E-state index is -0.579. The summed E-state index contributed by atoms with van der Waals surface area (Å²) in [5.74, 6) is -0.145. The maximum Gasteiger partial charge on any atom is 0.312 e. The molecule has 0 heterocycles. The van der Waals surface area contributed by atoms with Gasteiger partial charge >= 0.3 is 5.97 Å². The molecule has 0 spiro atoms. The largest absolute Gasteiger partial charge is 0.454 e. The molecular formula is C17H30O2. The van der Waals surface area contributed by atoms with E-state index in [9.17, 15) is 4.79 Å². The molecule has 0 bridgehead atoms. The first-order valence-electron chi connectivity index (χ1n) is 6.08. The molecule has 0 unspecified atom stereocenters. The lowest BCUT2D eigenvalue weighted by atomic mass is 9.89. The lowest BCUT2D eigenvalue weighted by Crippen LogP contribution is -2.33. The van der Waals surface area contributed by atoms with Crippen molar-refractivity contribution in [2.24, 2.45) is 5.41 Å². The van der Waals surface area contributed by atoms with Gasteiger partial charge in [-0.1, -0.05) is 52.1 Å². The van der Waals surface area contributed by atoms with Gasteiger partial charge in [-0.25, -0.2) is 0 Å². The van der Waals surface area contributed by atoms with E-state index >= 15 is 0 Å². The van der Waals surface area contributed by atoms with E-state index in [-0.39, 0.29) is 20.8 Å². The Kier molecular flexibility index (Phi) is 7.71. The van der Waals surface area contributed by atoms with Crippen molar-refractivity contribution in [3.63, 3.8) is 0 Å². The number of rotatable bonds is 4. The van der Waals surface area contributed by atoms with E-state index in [0.29, 0.717) is 0 Å². The fraction of sp³-hybridized carbons (Fsp3) is 0.588. The number of carbonyl (C=O) groups excluding carboxylic acids is 1. The highest BCUT2D eigenvalue weighted by Gasteiger charge is 2.33. The summed E-state index contributed by atoms with van der Waals surface area (Å²) in [6.07, 6.45) is 0.775. The lowest BCUT2D eigenvalue weighted by molar-refractivity contribution is -0.168. The van der Waals surface area contributed by atoms with Gasteiger partial charge < -0.3 is 4.74 Å². The van der Waals surface area contributed by atoms with Gasteiger partial charge in [-0.3, -0.25) is 4.79 Å². The molecule has 0 saturated heterocycles. The van der Waals surface area contributed by atoms with E-state index in [1.807, 2.05) is 65.0 Å². The third kappa shape index (κ3) is 5.06. The predicted molar refractivity (Wildman–Crippen MR) is 83.1 cm³/mol. The monoisotopic (exact) mass is 266 g/mol. The SMILES string of the molecule is C.C.CCC(C)(C)C(=O)OC(C)(C)c1ccccc1. The summed E-state index contributed by atoms with van der Waals surface area (Å²) in [6.45, 7) is 9.67. The molecule has 0 N–H and O–H groups in total. The second kappa shape index (κ2) is 7.32. The number of carbonyl (C=O) groups is 1. The Hall–Kier alpha value is -1.31. The van der Waals surface area contributed by atoms with Crippen LogP contribution in [-0.4, -0.2) is 5.97 Å². The first-order valence-corrected chi connectivity index (χ1v) is 6.08. The normalized spacial score (nSPS) is 11.0. The molecule has 0 aliphatic rings. The van der Waals surface area contributed by atoms with Crippen molar-refractivity contribution >= 4 is 5.97 Å². The third-order valence-corrected chi connectivity index (χ3v) is 3.25. The van der Waals surface area contributed by atoms with E-state index < -0.39 is 11.0 Å². The number of esters is 1. The smallest absolute Gasteiger partial charge is 0.312 e. The highest BCUT2D eigenvalue weighted by Crippen LogP contribution is 2.30. The average molecular weight is 266 g/mol. The van der Waals surface area contributed by atoms with Gasteiger partial charge in [-0.2, -0.15) is 0 Å². The van der Waals surface area contributed by atoms with Crippen LogP contribution in [0.1, 0.15) is 61.5 Å². The molecule has 2 nitrogen and oxygen atoms in total. The van der Waals surface area contributed by atoms with Crippen molar-refractivity contribution in [1.82, 2.24) is 0 Å². The van der Waals surface area contributed by atoms with Crippen LogP contribution >= 0.6 is 0 Å². The van der Waals surface area contributed by atoms with Crippen LogP contribution in [0.25, 0.3) is 0 Å². The second-order valence-electron chi connectivity index (χ2n) is 5.50. The van der Waals surface area contributed by atoms with E-state index in [4.69, 9.17) is 4.74 Å². The van der Waals surface area contributed by atoms with Crippen LogP contribution in [0.5, 0.6) is 0 Å². The van der Waals surface area contributed by atoms with Gasteiger partial charge in [0.25, 0.3) is 0 Å². The van der Waals surface area contributed by atoms with E-state index in [2.05, 4.69) is 0 Å². The quantitative estimate of drug-likeness (QED) is 0.702. The van der Waals surface area contributed by atoms with Gasteiger partial charge in [0.05, 0.1) is 5.41 Å². The summed E-state index contributed by atoms with van der Waals surface area (Å²) in [7, 11) is 0. The zero-order valence-corrected chi connectivity index (χ0v) is 11.4. The molecule has 0 fully saturated rings. The molecule has 0 aromatic heterocycles. The van der Waals surface area contributed by atoms with Crippen molar-refractivity contribution < 1.29 is 9.53 Å². The van der Waals surface area contributed by atoms with Crippen molar-refractivity contribution in [2.45, 2.75) is 61.5 Å². The highest BCUT2D eigenvalue weighted by molar-refractivity contribution is 5.76. The number of hydrogen-bond donors (Lipinski definition) is 0. The van der Waals surface area contributed by atoms with Crippen LogP contribution in [-0.2, 0) is 15.1 Å². The van der Waals surface area contributed by atoms with Gasteiger partial charge in [-0.15, -0.1) is 0 Å². The first-order chi connectivity index (χ1) is 7.79. The van der Waals surface area contributed by atoms with Crippen LogP contribution in [0, 0.1) is 5.41 Å². The molecule has 1 aromatic rings. The minimum absolute atomic E-state index is 0. The van der Waals surface area contributed by atoms with Crippen LogP contribution in [0.3, 0.4) is 0 Å². The van der Waals surface area contributed by atoms with Gasteiger partial charge in [0.2, 0.25) is 0 Å². The Balaban J connectivity index is 0. The van der Waals surface area contributed by atoms with E-state index in [1.165, 1.54) is 0 Å². The predicted octanol–water partition coefficient (Wildman–Crippen LogP) is 5.17. The van der Waals surface area contributed by atoms with Gasteiger partial charge in [0.1, 0.15) is 5.60 Å². The fourth-order valence-electron chi connectivity index (χ4n) is 1.41. The van der Waals surface area contributed by atoms with Gasteiger partial charge in [0.15, 0.2) is 0 Å². The Morgan fingerprint density at radius 2 is 1.53 bits per heavy atom. The number of benzene rings is 1. The van der Waals surface area contributed by atoms with Gasteiger partial charge in [-0.05, 0) is 39.7 Å². The first kappa shape index (κ1) is 20.0. The summed E-state index contributed by atoms with van der Waals surface area (Å²) in [5.41, 5.74) is 0.0110. The van der Waals surface area contributed by atoms with Crippen molar-refractivity contribution in [1.29, 1.82) is 0 Å². The lowest BCUT2D eigenvalue weighted by Gasteiger charge is -2.30. The van der Waals surface area contributed by atoms with Crippen molar-refractivity contribution in [3.05, 3.63) is 35.9 Å². The number of ether oxygens (including phenoxy) is 1. The Bertz CT molecular complexity index is 378. The standard InChI is InChI=1S/C15H22O2.2CH4/c1-6-14(2,3)13(16)17-15(4,5)12-10-8-7-9-11-12;;/h7-11H,6H2,1-5H3;2*1H4. The van der Waals surface area contributed by atoms with E-state index in [1.54, 1.807) is 0 Å². The summed E-state index contributed by atoms with van der Waals surface area (Å²) in [4.78, 5) is 12.1. The van der Waals surface area contributed by atoms with Gasteiger partial charge in [0, 0.05) is 0 Å². The molecule has 0 radical (unpaired) electrons. The van der Waals surface area contributed by atoms with E-state index in [0.717, 1.165) is 12.0 Å². The average Bonchev–Trinajstić information content (AvgIpc) is 2.29. The highest BCUT2D eigenvalue weighted by atomic mass is 16.6. The Morgan fingerprint density at radius 3 is 1.95 bits per heavy atom. The minimum Gasteiger partial charge on any atom is -0.454 e. The Morgan fingerprint density at radius 1 is 1.05 bits per heavy atom. The van der Waals surface area contributed by atoms with Crippen LogP contribution in [0.15, 0.2) is 30.3 Å². The molecule has 2 heteroatoms. The second-order valence-corrected chi connectivity index (χ2v) is 5.50. The molecule has 0 saturated carbocycles. The van der Waals surface area contributed by atoms with Crippen molar-refractivity contribution in [3.8, 4) is 0 Å². The molecule has 110 valence electrons. The van der Waals surface area contributed by atoms with Crippen LogP contribution in [0.4, 0.5) is 0 Å². The summed E-state index contributed by atoms with van der Waals surface area (Å²) in [5, 5.41) is 0. The zero-order chi connectivity index (χ0) is 13.1. The fourth-order valence-corrected chi connectivity index (χ4v) is 1.41. The third-order valence-electron chi connectivity index (χ3n) is 3.25. The molecule has 0 atom stereocenters. The van der Waals surface area contributed by atoms with Crippen LogP contribution in [0.2, 0.25) is 0 Å². The zero-order valence-electron chi connectivity index (χ0n) is 11.4. The molecular weight excluding hydrogens is 236 g/mol. The molecule has 19 heavy (non-hydrogen) atoms. The Labute approximate surface area is 119 Å². The molecule has 0 amide bonds. The van der Waals surface area contributed by atoms with Crippen molar-refractivity contribution in [2.75, 3.05) is 0 Å². The molecule has 0 aliphatic carbocycles. The topological polar surface area (TPSA) is 26.3 Å². The maximum atomic E-state index is 12.1. The number of hydrogen-bond acceptors (Lipinski definition) is 2. The molecule has 1 aromatic carbocycles. The summed E-state index contributed by atoms with van der Waals surface area (Å²) >= 11 is 0. The molecule has 1 rings (SSSR count). The maximum absolute atomic E-state index is 12.1. The molecule has 0 aliphatic heterocycles. The summed E-state index contributed by atoms with van der Waals surface area (Å²) < 4.78 is 5.64. The van der Waals surface area contributed by atoms with Crippen LogP contribution < -0.4 is 0 Å².